The van der Waals surface area contributed by atoms with Crippen LogP contribution < -0.4 is 10.3 Å². The van der Waals surface area contributed by atoms with Crippen molar-refractivity contribution >= 4 is 21.7 Å². The quantitative estimate of drug-likeness (QED) is 0.741. The molecule has 0 saturated heterocycles. The summed E-state index contributed by atoms with van der Waals surface area (Å²) in [4.78, 5) is 22.0. The summed E-state index contributed by atoms with van der Waals surface area (Å²) in [6.45, 7) is 6.08. The van der Waals surface area contributed by atoms with E-state index in [0.717, 1.165) is 28.3 Å². The molecule has 3 aromatic heterocycles. The number of aryl methyl sites for hydroxylation is 2. The van der Waals surface area contributed by atoms with E-state index in [1.54, 1.807) is 24.2 Å². The molecule has 6 nitrogen and oxygen atoms in total. The minimum atomic E-state index is -0.0861. The maximum Gasteiger partial charge on any atom is 0.264 e. The first-order chi connectivity index (χ1) is 10.5. The Bertz CT molecular complexity index is 914. The predicted octanol–water partition coefficient (Wildman–Crippen LogP) is 2.23. The number of hydrogen-bond acceptors (Lipinski definition) is 6. The van der Waals surface area contributed by atoms with Gasteiger partial charge in [0.1, 0.15) is 5.75 Å². The average molecular weight is 316 g/mol. The van der Waals surface area contributed by atoms with E-state index in [2.05, 4.69) is 14.3 Å². The Morgan fingerprint density at radius 2 is 2.05 bits per heavy atom. The summed E-state index contributed by atoms with van der Waals surface area (Å²) in [6, 6.07) is 0. The third-order valence-electron chi connectivity index (χ3n) is 3.70. The largest absolute Gasteiger partial charge is 0.496 e. The molecule has 114 valence electrons. The van der Waals surface area contributed by atoms with Gasteiger partial charge in [-0.2, -0.15) is 4.37 Å². The summed E-state index contributed by atoms with van der Waals surface area (Å²) in [5.74, 6) is 0.806. The molecule has 0 fully saturated rings. The first kappa shape index (κ1) is 14.6. The SMILES string of the molecule is COc1c(C)cnc(Cn2cnc3snc(C)c3c2=O)c1C. The van der Waals surface area contributed by atoms with Gasteiger partial charge in [-0.3, -0.25) is 14.3 Å². The molecule has 7 heteroatoms. The minimum absolute atomic E-state index is 0.0861. The zero-order valence-corrected chi connectivity index (χ0v) is 13.7. The molecule has 0 amide bonds. The smallest absolute Gasteiger partial charge is 0.264 e. The molecule has 22 heavy (non-hydrogen) atoms. The third-order valence-corrected chi connectivity index (χ3v) is 4.55. The van der Waals surface area contributed by atoms with Gasteiger partial charge in [-0.15, -0.1) is 0 Å². The average Bonchev–Trinajstić information content (AvgIpc) is 2.87. The Kier molecular flexibility index (Phi) is 3.66. The van der Waals surface area contributed by atoms with Crippen LogP contribution in [0.25, 0.3) is 10.2 Å². The number of pyridine rings is 1. The van der Waals surface area contributed by atoms with Crippen molar-refractivity contribution in [3.63, 3.8) is 0 Å². The van der Waals surface area contributed by atoms with Crippen molar-refractivity contribution in [3.8, 4) is 5.75 Å². The topological polar surface area (TPSA) is 69.9 Å². The molecular weight excluding hydrogens is 300 g/mol. The van der Waals surface area contributed by atoms with Gasteiger partial charge in [-0.05, 0) is 32.3 Å². The van der Waals surface area contributed by atoms with Gasteiger partial charge in [0.2, 0.25) is 0 Å². The van der Waals surface area contributed by atoms with Crippen molar-refractivity contribution in [2.45, 2.75) is 27.3 Å². The summed E-state index contributed by atoms with van der Waals surface area (Å²) in [6.07, 6.45) is 3.31. The number of rotatable bonds is 3. The number of methoxy groups -OCH3 is 1. The lowest BCUT2D eigenvalue weighted by molar-refractivity contribution is 0.406. The van der Waals surface area contributed by atoms with Gasteiger partial charge < -0.3 is 4.74 Å². The van der Waals surface area contributed by atoms with E-state index in [9.17, 15) is 4.79 Å². The van der Waals surface area contributed by atoms with Crippen LogP contribution in [0.1, 0.15) is 22.5 Å². The third kappa shape index (κ3) is 2.27. The highest BCUT2D eigenvalue weighted by molar-refractivity contribution is 7.12. The second kappa shape index (κ2) is 5.49. The van der Waals surface area contributed by atoms with E-state index < -0.39 is 0 Å². The highest BCUT2D eigenvalue weighted by Gasteiger charge is 2.14. The van der Waals surface area contributed by atoms with Crippen LogP contribution >= 0.6 is 11.5 Å². The summed E-state index contributed by atoms with van der Waals surface area (Å²) in [7, 11) is 1.64. The first-order valence-electron chi connectivity index (χ1n) is 6.83. The summed E-state index contributed by atoms with van der Waals surface area (Å²) in [5.41, 5.74) is 3.35. The summed E-state index contributed by atoms with van der Waals surface area (Å²) in [5, 5.41) is 0.587. The highest BCUT2D eigenvalue weighted by Crippen LogP contribution is 2.24. The van der Waals surface area contributed by atoms with Gasteiger partial charge in [0.15, 0.2) is 4.83 Å². The molecule has 0 radical (unpaired) electrons. The van der Waals surface area contributed by atoms with Gasteiger partial charge in [0.25, 0.3) is 5.56 Å². The summed E-state index contributed by atoms with van der Waals surface area (Å²) >= 11 is 1.24. The normalized spacial score (nSPS) is 11.1. The highest BCUT2D eigenvalue weighted by atomic mass is 32.1. The van der Waals surface area contributed by atoms with E-state index in [4.69, 9.17) is 4.74 Å². The van der Waals surface area contributed by atoms with Gasteiger partial charge in [0.05, 0.1) is 36.8 Å². The summed E-state index contributed by atoms with van der Waals surface area (Å²) < 4.78 is 11.2. The van der Waals surface area contributed by atoms with Crippen molar-refractivity contribution in [2.24, 2.45) is 0 Å². The molecule has 0 saturated carbocycles. The van der Waals surface area contributed by atoms with Crippen LogP contribution in [-0.2, 0) is 6.54 Å². The molecule has 0 unspecified atom stereocenters. The Morgan fingerprint density at radius 3 is 2.77 bits per heavy atom. The van der Waals surface area contributed by atoms with E-state index >= 15 is 0 Å². The van der Waals surface area contributed by atoms with Crippen LogP contribution in [0.2, 0.25) is 0 Å². The fourth-order valence-corrected chi connectivity index (χ4v) is 3.25. The maximum atomic E-state index is 12.6. The molecule has 3 rings (SSSR count). The number of aromatic nitrogens is 4. The maximum absolute atomic E-state index is 12.6. The number of ether oxygens (including phenoxy) is 1. The lowest BCUT2D eigenvalue weighted by Crippen LogP contribution is -2.22. The van der Waals surface area contributed by atoms with E-state index in [-0.39, 0.29) is 5.56 Å². The molecule has 3 heterocycles. The van der Waals surface area contributed by atoms with E-state index in [0.29, 0.717) is 16.8 Å². The predicted molar refractivity (Wildman–Crippen MR) is 85.8 cm³/mol. The lowest BCUT2D eigenvalue weighted by Gasteiger charge is -2.13. The molecule has 0 aromatic carbocycles. The van der Waals surface area contributed by atoms with E-state index in [1.165, 1.54) is 11.5 Å². The van der Waals surface area contributed by atoms with Crippen LogP contribution in [0.5, 0.6) is 5.75 Å². The van der Waals surface area contributed by atoms with Gasteiger partial charge in [-0.25, -0.2) is 4.98 Å². The zero-order chi connectivity index (χ0) is 15.9. The molecular formula is C15H16N4O2S. The first-order valence-corrected chi connectivity index (χ1v) is 7.60. The van der Waals surface area contributed by atoms with Crippen LogP contribution in [0.4, 0.5) is 0 Å². The van der Waals surface area contributed by atoms with Crippen molar-refractivity contribution in [1.29, 1.82) is 0 Å². The number of fused-ring (bicyclic) bond motifs is 1. The molecule has 0 aliphatic rings. The lowest BCUT2D eigenvalue weighted by atomic mass is 10.1. The Hall–Kier alpha value is -2.28. The van der Waals surface area contributed by atoms with Crippen LogP contribution in [0.3, 0.4) is 0 Å². The van der Waals surface area contributed by atoms with Crippen molar-refractivity contribution in [3.05, 3.63) is 45.4 Å². The molecule has 0 atom stereocenters. The van der Waals surface area contributed by atoms with E-state index in [1.807, 2.05) is 20.8 Å². The fraction of sp³-hybridized carbons (Fsp3) is 0.333. The van der Waals surface area contributed by atoms with Gasteiger partial charge >= 0.3 is 0 Å². The minimum Gasteiger partial charge on any atom is -0.496 e. The molecule has 0 spiro atoms. The molecule has 0 N–H and O–H groups in total. The van der Waals surface area contributed by atoms with Crippen LogP contribution in [-0.4, -0.2) is 26.0 Å². The molecule has 3 aromatic rings. The van der Waals surface area contributed by atoms with Crippen LogP contribution in [0, 0.1) is 20.8 Å². The van der Waals surface area contributed by atoms with Gasteiger partial charge in [-0.1, -0.05) is 0 Å². The van der Waals surface area contributed by atoms with Gasteiger partial charge in [0, 0.05) is 17.3 Å². The van der Waals surface area contributed by atoms with Crippen molar-refractivity contribution < 1.29 is 4.74 Å². The van der Waals surface area contributed by atoms with Crippen molar-refractivity contribution in [1.82, 2.24) is 18.9 Å². The second-order valence-corrected chi connectivity index (χ2v) is 5.92. The Balaban J connectivity index is 2.09. The van der Waals surface area contributed by atoms with Crippen molar-refractivity contribution in [2.75, 3.05) is 7.11 Å². The fourth-order valence-electron chi connectivity index (χ4n) is 2.51. The molecule has 0 bridgehead atoms. The second-order valence-electron chi connectivity index (χ2n) is 5.17. The van der Waals surface area contributed by atoms with Crippen LogP contribution in [0.15, 0.2) is 17.3 Å². The number of nitrogens with zero attached hydrogens (tertiary/aromatic N) is 4. The molecule has 0 aliphatic carbocycles. The zero-order valence-electron chi connectivity index (χ0n) is 12.9. The standard InChI is InChI=1S/C15H16N4O2S/c1-8-5-16-11(9(2)13(8)21-4)6-19-7-17-14-12(15(19)20)10(3)18-22-14/h5,7H,6H2,1-4H3. The number of hydrogen-bond donors (Lipinski definition) is 0. The Morgan fingerprint density at radius 1 is 1.27 bits per heavy atom. The monoisotopic (exact) mass is 316 g/mol. The Labute approximate surface area is 131 Å². The molecule has 0 aliphatic heterocycles.